The molecule has 1 heterocycles. The molecule has 3 aromatic carbocycles. The van der Waals surface area contributed by atoms with Crippen LogP contribution < -0.4 is 5.32 Å². The molecule has 0 aromatic heterocycles. The maximum atomic E-state index is 13.5. The molecule has 44 heavy (non-hydrogen) atoms. The summed E-state index contributed by atoms with van der Waals surface area (Å²) in [4.78, 5) is 29.2. The summed E-state index contributed by atoms with van der Waals surface area (Å²) < 4.78 is 40.5. The number of alkyl halides is 3. The summed E-state index contributed by atoms with van der Waals surface area (Å²) in [6, 6.07) is 19.3. The third-order valence-electron chi connectivity index (χ3n) is 8.95. The summed E-state index contributed by atoms with van der Waals surface area (Å²) in [6.07, 6.45) is -0.475. The lowest BCUT2D eigenvalue weighted by Crippen LogP contribution is -2.48. The topological polar surface area (TPSA) is 52.7 Å². The van der Waals surface area contributed by atoms with Crippen molar-refractivity contribution in [2.45, 2.75) is 78.1 Å². The van der Waals surface area contributed by atoms with Gasteiger partial charge in [-0.3, -0.25) is 14.5 Å². The van der Waals surface area contributed by atoms with Crippen molar-refractivity contribution in [3.8, 4) is 0 Å². The van der Waals surface area contributed by atoms with E-state index in [0.717, 1.165) is 54.1 Å². The first-order valence-corrected chi connectivity index (χ1v) is 15.9. The minimum atomic E-state index is -4.41. The minimum absolute atomic E-state index is 0.0108. The number of rotatable bonds is 12. The Labute approximate surface area is 259 Å². The number of hydrogen-bond donors (Lipinski definition) is 1. The SMILES string of the molecule is CCCCN(C[C@@H](NC(=O)CC1CCN(C(C)=O)CC1)C(C)C)C(c1ccc(C(F)(F)F)cc1)c1cccc2ccccc12. The quantitative estimate of drug-likeness (QED) is 0.228. The maximum Gasteiger partial charge on any atom is 0.416 e. The van der Waals surface area contributed by atoms with Crippen LogP contribution in [-0.2, 0) is 15.8 Å². The Bertz CT molecular complexity index is 1380. The molecule has 5 nitrogen and oxygen atoms in total. The fraction of sp³-hybridized carbons (Fsp3) is 0.500. The summed E-state index contributed by atoms with van der Waals surface area (Å²) >= 11 is 0. The Balaban J connectivity index is 1.64. The lowest BCUT2D eigenvalue weighted by atomic mass is 9.90. The van der Waals surface area contributed by atoms with Gasteiger partial charge in [0.05, 0.1) is 11.6 Å². The molecular formula is C36H46F3N3O2. The molecule has 1 saturated heterocycles. The van der Waals surface area contributed by atoms with Crippen LogP contribution in [0, 0.1) is 11.8 Å². The van der Waals surface area contributed by atoms with Crippen LogP contribution in [0.2, 0.25) is 0 Å². The monoisotopic (exact) mass is 609 g/mol. The number of carbonyl (C=O) groups excluding carboxylic acids is 2. The first-order valence-electron chi connectivity index (χ1n) is 15.9. The fourth-order valence-corrected chi connectivity index (χ4v) is 6.27. The standard InChI is InChI=1S/C36H46F3N3O2/c1-5-6-20-42(24-33(25(2)3)40-34(44)23-27-18-21-41(22-19-27)26(4)43)35(29-14-16-30(17-15-29)36(37,38)39)32-13-9-11-28-10-7-8-12-31(28)32/h7-17,25,27,33,35H,5-6,18-24H2,1-4H3,(H,40,44)/t33-,35?/m1/s1. The van der Waals surface area contributed by atoms with Gasteiger partial charge in [0.2, 0.25) is 11.8 Å². The van der Waals surface area contributed by atoms with Crippen LogP contribution in [0.5, 0.6) is 0 Å². The van der Waals surface area contributed by atoms with Gasteiger partial charge in [0.15, 0.2) is 0 Å². The van der Waals surface area contributed by atoms with Crippen molar-refractivity contribution in [2.75, 3.05) is 26.2 Å². The predicted octanol–water partition coefficient (Wildman–Crippen LogP) is 7.84. The van der Waals surface area contributed by atoms with Gasteiger partial charge in [-0.15, -0.1) is 0 Å². The third-order valence-corrected chi connectivity index (χ3v) is 8.95. The number of carbonyl (C=O) groups is 2. The normalized spacial score (nSPS) is 16.0. The number of benzene rings is 3. The van der Waals surface area contributed by atoms with E-state index in [4.69, 9.17) is 0 Å². The molecule has 0 radical (unpaired) electrons. The molecule has 0 spiro atoms. The first kappa shape index (κ1) is 33.5. The Morgan fingerprint density at radius 1 is 0.977 bits per heavy atom. The number of piperidine rings is 1. The first-order chi connectivity index (χ1) is 21.0. The van der Waals surface area contributed by atoms with Gasteiger partial charge in [0, 0.05) is 39.0 Å². The Morgan fingerprint density at radius 3 is 2.25 bits per heavy atom. The van der Waals surface area contributed by atoms with E-state index in [1.54, 1.807) is 19.1 Å². The van der Waals surface area contributed by atoms with Crippen LogP contribution in [0.3, 0.4) is 0 Å². The number of fused-ring (bicyclic) bond motifs is 1. The van der Waals surface area contributed by atoms with E-state index < -0.39 is 11.7 Å². The minimum Gasteiger partial charge on any atom is -0.352 e. The van der Waals surface area contributed by atoms with Crippen molar-refractivity contribution in [3.05, 3.63) is 83.4 Å². The molecule has 2 amide bonds. The summed E-state index contributed by atoms with van der Waals surface area (Å²) in [5.41, 5.74) is 1.15. The highest BCUT2D eigenvalue weighted by molar-refractivity contribution is 5.86. The summed E-state index contributed by atoms with van der Waals surface area (Å²) in [5.74, 6) is 0.471. The molecule has 1 aliphatic heterocycles. The molecule has 8 heteroatoms. The summed E-state index contributed by atoms with van der Waals surface area (Å²) in [5, 5.41) is 5.45. The van der Waals surface area contributed by atoms with Crippen LogP contribution in [0.1, 0.15) is 82.5 Å². The number of halogens is 3. The van der Waals surface area contributed by atoms with Crippen molar-refractivity contribution in [1.82, 2.24) is 15.1 Å². The summed E-state index contributed by atoms with van der Waals surface area (Å²) in [7, 11) is 0. The van der Waals surface area contributed by atoms with Gasteiger partial charge in [0.1, 0.15) is 0 Å². The number of nitrogens with one attached hydrogen (secondary N) is 1. The van der Waals surface area contributed by atoms with E-state index in [2.05, 4.69) is 55.3 Å². The largest absolute Gasteiger partial charge is 0.416 e. The molecule has 238 valence electrons. The van der Waals surface area contributed by atoms with E-state index >= 15 is 0 Å². The average molecular weight is 610 g/mol. The second kappa shape index (κ2) is 15.1. The molecule has 1 N–H and O–H groups in total. The molecule has 2 atom stereocenters. The maximum absolute atomic E-state index is 13.5. The van der Waals surface area contributed by atoms with Crippen LogP contribution in [0.25, 0.3) is 10.8 Å². The Kier molecular flexibility index (Phi) is 11.5. The molecule has 1 aliphatic rings. The van der Waals surface area contributed by atoms with E-state index in [0.29, 0.717) is 26.1 Å². The zero-order valence-electron chi connectivity index (χ0n) is 26.4. The molecule has 0 bridgehead atoms. The number of hydrogen-bond acceptors (Lipinski definition) is 3. The Hall–Kier alpha value is -3.39. The molecule has 4 rings (SSSR count). The molecule has 3 aromatic rings. The molecule has 1 fully saturated rings. The van der Waals surface area contributed by atoms with Gasteiger partial charge in [0.25, 0.3) is 0 Å². The lowest BCUT2D eigenvalue weighted by molar-refractivity contribution is -0.137. The van der Waals surface area contributed by atoms with E-state index in [1.807, 2.05) is 23.1 Å². The zero-order chi connectivity index (χ0) is 31.9. The third kappa shape index (κ3) is 8.62. The molecular weight excluding hydrogens is 563 g/mol. The number of unbranched alkanes of at least 4 members (excludes halogenated alkanes) is 1. The smallest absolute Gasteiger partial charge is 0.352 e. The second-order valence-electron chi connectivity index (χ2n) is 12.5. The molecule has 0 aliphatic carbocycles. The van der Waals surface area contributed by atoms with Crippen molar-refractivity contribution in [2.24, 2.45) is 11.8 Å². The summed E-state index contributed by atoms with van der Waals surface area (Å²) in [6.45, 7) is 10.6. The highest BCUT2D eigenvalue weighted by Crippen LogP contribution is 2.37. The van der Waals surface area contributed by atoms with Crippen molar-refractivity contribution < 1.29 is 22.8 Å². The van der Waals surface area contributed by atoms with Gasteiger partial charge < -0.3 is 10.2 Å². The molecule has 0 saturated carbocycles. The van der Waals surface area contributed by atoms with E-state index in [-0.39, 0.29) is 35.7 Å². The van der Waals surface area contributed by atoms with Crippen LogP contribution in [-0.4, -0.2) is 53.8 Å². The van der Waals surface area contributed by atoms with Crippen molar-refractivity contribution in [1.29, 1.82) is 0 Å². The number of amides is 2. The van der Waals surface area contributed by atoms with Gasteiger partial charge >= 0.3 is 6.18 Å². The average Bonchev–Trinajstić information content (AvgIpc) is 2.99. The fourth-order valence-electron chi connectivity index (χ4n) is 6.27. The number of nitrogens with zero attached hydrogens (tertiary/aromatic N) is 2. The van der Waals surface area contributed by atoms with Crippen LogP contribution in [0.15, 0.2) is 66.7 Å². The van der Waals surface area contributed by atoms with E-state index in [1.165, 1.54) is 12.1 Å². The number of likely N-dealkylation sites (tertiary alicyclic amines) is 1. The lowest BCUT2D eigenvalue weighted by Gasteiger charge is -2.37. The highest BCUT2D eigenvalue weighted by atomic mass is 19.4. The van der Waals surface area contributed by atoms with Crippen molar-refractivity contribution >= 4 is 22.6 Å². The van der Waals surface area contributed by atoms with Gasteiger partial charge in [-0.25, -0.2) is 0 Å². The van der Waals surface area contributed by atoms with Crippen LogP contribution >= 0.6 is 0 Å². The second-order valence-corrected chi connectivity index (χ2v) is 12.5. The zero-order valence-corrected chi connectivity index (χ0v) is 26.4. The van der Waals surface area contributed by atoms with E-state index in [9.17, 15) is 22.8 Å². The van der Waals surface area contributed by atoms with Gasteiger partial charge in [-0.2, -0.15) is 13.2 Å². The van der Waals surface area contributed by atoms with Gasteiger partial charge in [-0.05, 0) is 71.7 Å². The van der Waals surface area contributed by atoms with Gasteiger partial charge in [-0.1, -0.05) is 81.8 Å². The molecule has 1 unspecified atom stereocenters. The van der Waals surface area contributed by atoms with Crippen LogP contribution in [0.4, 0.5) is 13.2 Å². The highest BCUT2D eigenvalue weighted by Gasteiger charge is 2.32. The predicted molar refractivity (Wildman–Crippen MR) is 170 cm³/mol. The van der Waals surface area contributed by atoms with Crippen molar-refractivity contribution in [3.63, 3.8) is 0 Å². The Morgan fingerprint density at radius 2 is 1.64 bits per heavy atom.